The first kappa shape index (κ1) is 13.3. The van der Waals surface area contributed by atoms with Crippen LogP contribution in [0.5, 0.6) is 0 Å². The van der Waals surface area contributed by atoms with Gasteiger partial charge in [0, 0.05) is 5.69 Å². The molecular formula is C10H12F3N3O. The zero-order valence-electron chi connectivity index (χ0n) is 8.84. The van der Waals surface area contributed by atoms with Crippen LogP contribution in [-0.4, -0.2) is 24.9 Å². The molecule has 0 heterocycles. The number of nitrogens with one attached hydrogen (secondary N) is 1. The summed E-state index contributed by atoms with van der Waals surface area (Å²) in [5.41, 5.74) is 9.71. The van der Waals surface area contributed by atoms with E-state index in [1.54, 1.807) is 0 Å². The average molecular weight is 247 g/mol. The monoisotopic (exact) mass is 247 g/mol. The minimum atomic E-state index is -3.11. The molecule has 0 spiro atoms. The lowest BCUT2D eigenvalue weighted by Crippen LogP contribution is -2.35. The van der Waals surface area contributed by atoms with Crippen LogP contribution < -0.4 is 16.8 Å². The minimum absolute atomic E-state index is 0.0482. The first-order chi connectivity index (χ1) is 7.85. The van der Waals surface area contributed by atoms with Gasteiger partial charge in [-0.15, -0.1) is 0 Å². The van der Waals surface area contributed by atoms with Crippen molar-refractivity contribution in [2.75, 3.05) is 18.4 Å². The van der Waals surface area contributed by atoms with E-state index in [1.807, 2.05) is 0 Å². The molecular weight excluding hydrogens is 235 g/mol. The number of carbonyl (C=O) groups is 1. The van der Waals surface area contributed by atoms with Crippen molar-refractivity contribution in [2.45, 2.75) is 5.92 Å². The van der Waals surface area contributed by atoms with E-state index >= 15 is 0 Å². The van der Waals surface area contributed by atoms with Crippen molar-refractivity contribution in [2.24, 2.45) is 11.5 Å². The number of nitrogens with two attached hydrogens (primary N) is 2. The molecule has 0 radical (unpaired) electrons. The second-order valence-corrected chi connectivity index (χ2v) is 3.47. The van der Waals surface area contributed by atoms with E-state index in [1.165, 1.54) is 6.07 Å². The number of carbonyl (C=O) groups excluding carboxylic acids is 1. The third kappa shape index (κ3) is 3.63. The Morgan fingerprint density at radius 1 is 1.41 bits per heavy atom. The standard InChI is InChI=1S/C10H12F3N3O/c11-6-1-2-8(7(3-6)9(15)17)16-5-10(12,13)4-14/h1-3,16H,4-5,14H2,(H2,15,17). The van der Waals surface area contributed by atoms with Crippen molar-refractivity contribution in [3.05, 3.63) is 29.6 Å². The predicted molar refractivity (Wildman–Crippen MR) is 57.4 cm³/mol. The van der Waals surface area contributed by atoms with Crippen molar-refractivity contribution in [1.29, 1.82) is 0 Å². The number of hydrogen-bond acceptors (Lipinski definition) is 3. The number of benzene rings is 1. The van der Waals surface area contributed by atoms with E-state index in [0.717, 1.165) is 12.1 Å². The molecule has 5 N–H and O–H groups in total. The molecule has 7 heteroatoms. The lowest BCUT2D eigenvalue weighted by Gasteiger charge is -2.16. The third-order valence-electron chi connectivity index (χ3n) is 2.08. The molecule has 0 aliphatic heterocycles. The summed E-state index contributed by atoms with van der Waals surface area (Å²) in [7, 11) is 0. The van der Waals surface area contributed by atoms with Crippen LogP contribution in [0.1, 0.15) is 10.4 Å². The predicted octanol–water partition coefficient (Wildman–Crippen LogP) is 0.930. The second-order valence-electron chi connectivity index (χ2n) is 3.47. The molecule has 1 aromatic rings. The highest BCUT2D eigenvalue weighted by Crippen LogP contribution is 2.19. The summed E-state index contributed by atoms with van der Waals surface area (Å²) in [4.78, 5) is 11.0. The van der Waals surface area contributed by atoms with Crippen LogP contribution in [0.4, 0.5) is 18.9 Å². The van der Waals surface area contributed by atoms with Crippen molar-refractivity contribution in [1.82, 2.24) is 0 Å². The molecule has 17 heavy (non-hydrogen) atoms. The Balaban J connectivity index is 2.88. The first-order valence-electron chi connectivity index (χ1n) is 4.77. The van der Waals surface area contributed by atoms with E-state index in [2.05, 4.69) is 5.32 Å². The Labute approximate surface area is 95.8 Å². The van der Waals surface area contributed by atoms with Gasteiger partial charge in [0.15, 0.2) is 0 Å². The smallest absolute Gasteiger partial charge is 0.276 e. The van der Waals surface area contributed by atoms with Gasteiger partial charge in [-0.3, -0.25) is 4.79 Å². The van der Waals surface area contributed by atoms with Crippen LogP contribution in [0.25, 0.3) is 0 Å². The van der Waals surface area contributed by atoms with Crippen LogP contribution in [0.2, 0.25) is 0 Å². The minimum Gasteiger partial charge on any atom is -0.378 e. The van der Waals surface area contributed by atoms with Gasteiger partial charge in [0.2, 0.25) is 0 Å². The lowest BCUT2D eigenvalue weighted by atomic mass is 10.1. The van der Waals surface area contributed by atoms with E-state index in [0.29, 0.717) is 0 Å². The Kier molecular flexibility index (Phi) is 3.95. The Morgan fingerprint density at radius 3 is 2.59 bits per heavy atom. The van der Waals surface area contributed by atoms with Crippen LogP contribution in [0.3, 0.4) is 0 Å². The summed E-state index contributed by atoms with van der Waals surface area (Å²) >= 11 is 0. The highest BCUT2D eigenvalue weighted by Gasteiger charge is 2.26. The van der Waals surface area contributed by atoms with Gasteiger partial charge in [-0.2, -0.15) is 0 Å². The summed E-state index contributed by atoms with van der Waals surface area (Å²) < 4.78 is 38.6. The number of alkyl halides is 2. The van der Waals surface area contributed by atoms with Gasteiger partial charge in [0.1, 0.15) is 5.82 Å². The molecule has 0 unspecified atom stereocenters. The summed E-state index contributed by atoms with van der Waals surface area (Å²) in [6, 6.07) is 3.09. The fraction of sp³-hybridized carbons (Fsp3) is 0.300. The molecule has 0 aliphatic carbocycles. The Bertz CT molecular complexity index is 423. The molecule has 94 valence electrons. The zero-order valence-corrected chi connectivity index (χ0v) is 8.84. The topological polar surface area (TPSA) is 81.1 Å². The molecule has 4 nitrogen and oxygen atoms in total. The van der Waals surface area contributed by atoms with Gasteiger partial charge < -0.3 is 16.8 Å². The van der Waals surface area contributed by atoms with Crippen molar-refractivity contribution in [3.8, 4) is 0 Å². The van der Waals surface area contributed by atoms with Crippen LogP contribution in [0, 0.1) is 5.82 Å². The van der Waals surface area contributed by atoms with Crippen molar-refractivity contribution >= 4 is 11.6 Å². The maximum absolute atomic E-state index is 12.9. The number of halogens is 3. The molecule has 0 saturated carbocycles. The summed E-state index contributed by atoms with van der Waals surface area (Å²) in [6.45, 7) is -1.58. The van der Waals surface area contributed by atoms with Crippen molar-refractivity contribution < 1.29 is 18.0 Å². The Hall–Kier alpha value is -1.76. The molecule has 0 bridgehead atoms. The van der Waals surface area contributed by atoms with E-state index in [9.17, 15) is 18.0 Å². The number of rotatable bonds is 5. The summed E-state index contributed by atoms with van der Waals surface area (Å²) in [6.07, 6.45) is 0. The molecule has 0 saturated heterocycles. The fourth-order valence-electron chi connectivity index (χ4n) is 1.17. The largest absolute Gasteiger partial charge is 0.378 e. The van der Waals surface area contributed by atoms with E-state index in [4.69, 9.17) is 11.5 Å². The van der Waals surface area contributed by atoms with Crippen LogP contribution in [0.15, 0.2) is 18.2 Å². The van der Waals surface area contributed by atoms with Crippen molar-refractivity contribution in [3.63, 3.8) is 0 Å². The first-order valence-corrected chi connectivity index (χ1v) is 4.77. The molecule has 0 atom stereocenters. The zero-order chi connectivity index (χ0) is 13.1. The van der Waals surface area contributed by atoms with Gasteiger partial charge in [-0.05, 0) is 18.2 Å². The fourth-order valence-corrected chi connectivity index (χ4v) is 1.17. The van der Waals surface area contributed by atoms with Gasteiger partial charge in [0.25, 0.3) is 11.8 Å². The molecule has 0 aromatic heterocycles. The highest BCUT2D eigenvalue weighted by molar-refractivity contribution is 5.98. The summed E-state index contributed by atoms with van der Waals surface area (Å²) in [5, 5.41) is 2.32. The summed E-state index contributed by atoms with van der Waals surface area (Å²) in [5.74, 6) is -4.68. The molecule has 0 aliphatic rings. The third-order valence-corrected chi connectivity index (χ3v) is 2.08. The second kappa shape index (κ2) is 5.05. The maximum Gasteiger partial charge on any atom is 0.276 e. The molecule has 1 amide bonds. The highest BCUT2D eigenvalue weighted by atomic mass is 19.3. The molecule has 0 fully saturated rings. The van der Waals surface area contributed by atoms with E-state index < -0.39 is 30.7 Å². The van der Waals surface area contributed by atoms with Crippen LogP contribution in [-0.2, 0) is 0 Å². The normalized spacial score (nSPS) is 11.3. The number of amides is 1. The van der Waals surface area contributed by atoms with Gasteiger partial charge in [-0.1, -0.05) is 0 Å². The molecule has 1 rings (SSSR count). The SMILES string of the molecule is NCC(F)(F)CNc1ccc(F)cc1C(N)=O. The Morgan fingerprint density at radius 2 is 2.06 bits per heavy atom. The maximum atomic E-state index is 12.9. The average Bonchev–Trinajstić information content (AvgIpc) is 2.27. The van der Waals surface area contributed by atoms with E-state index in [-0.39, 0.29) is 11.3 Å². The van der Waals surface area contributed by atoms with Crippen LogP contribution >= 0.6 is 0 Å². The van der Waals surface area contributed by atoms with Gasteiger partial charge in [-0.25, -0.2) is 13.2 Å². The number of primary amides is 1. The number of anilines is 1. The number of hydrogen-bond donors (Lipinski definition) is 3. The quantitative estimate of drug-likeness (QED) is 0.724. The lowest BCUT2D eigenvalue weighted by molar-refractivity contribution is 0.0253. The van der Waals surface area contributed by atoms with Gasteiger partial charge in [0.05, 0.1) is 18.7 Å². The molecule has 1 aromatic carbocycles. The van der Waals surface area contributed by atoms with Gasteiger partial charge >= 0.3 is 0 Å².